The van der Waals surface area contributed by atoms with Crippen LogP contribution in [0.1, 0.15) is 28.3 Å². The number of carboxylic acid groups (broad SMARTS) is 1. The Morgan fingerprint density at radius 1 is 1.38 bits per heavy atom. The van der Waals surface area contributed by atoms with E-state index in [-0.39, 0.29) is 6.04 Å². The van der Waals surface area contributed by atoms with Crippen LogP contribution in [0.25, 0.3) is 0 Å². The molecule has 3 amide bonds. The summed E-state index contributed by atoms with van der Waals surface area (Å²) in [6, 6.07) is 1.05. The molecule has 1 rings (SSSR count). The highest BCUT2D eigenvalue weighted by molar-refractivity contribution is 7.12. The van der Waals surface area contributed by atoms with Gasteiger partial charge in [-0.1, -0.05) is 0 Å². The van der Waals surface area contributed by atoms with Crippen LogP contribution >= 0.6 is 11.3 Å². The van der Waals surface area contributed by atoms with E-state index in [1.54, 1.807) is 18.3 Å². The first kappa shape index (κ1) is 17.0. The summed E-state index contributed by atoms with van der Waals surface area (Å²) in [6.45, 7) is 4.71. The molecule has 116 valence electrons. The van der Waals surface area contributed by atoms with Crippen LogP contribution in [0.4, 0.5) is 4.79 Å². The minimum atomic E-state index is -1.21. The second kappa shape index (κ2) is 7.07. The third-order valence-electron chi connectivity index (χ3n) is 2.85. The van der Waals surface area contributed by atoms with Crippen LogP contribution in [0.2, 0.25) is 0 Å². The summed E-state index contributed by atoms with van der Waals surface area (Å²) in [4.78, 5) is 36.8. The van der Waals surface area contributed by atoms with E-state index in [0.717, 1.165) is 20.2 Å². The van der Waals surface area contributed by atoms with E-state index >= 15 is 0 Å². The largest absolute Gasteiger partial charge is 0.480 e. The predicted octanol–water partition coefficient (Wildman–Crippen LogP) is 1.01. The molecule has 21 heavy (non-hydrogen) atoms. The lowest BCUT2D eigenvalue weighted by atomic mass is 10.1. The summed E-state index contributed by atoms with van der Waals surface area (Å²) in [5.41, 5.74) is 6.00. The number of aryl methyl sites for hydroxylation is 2. The van der Waals surface area contributed by atoms with Gasteiger partial charge in [0.2, 0.25) is 5.91 Å². The third kappa shape index (κ3) is 5.07. The van der Waals surface area contributed by atoms with E-state index in [9.17, 15) is 14.4 Å². The highest BCUT2D eigenvalue weighted by atomic mass is 32.1. The monoisotopic (exact) mass is 313 g/mol. The van der Waals surface area contributed by atoms with Crippen molar-refractivity contribution in [2.45, 2.75) is 26.8 Å². The van der Waals surface area contributed by atoms with Crippen LogP contribution in [0.3, 0.4) is 0 Å². The highest BCUT2D eigenvalue weighted by Gasteiger charge is 2.21. The quantitative estimate of drug-likeness (QED) is 0.727. The summed E-state index contributed by atoms with van der Waals surface area (Å²) in [7, 11) is 0. The van der Waals surface area contributed by atoms with Crippen molar-refractivity contribution in [3.8, 4) is 0 Å². The molecule has 1 unspecified atom stereocenters. The maximum absolute atomic E-state index is 12.1. The number of thiophene rings is 1. The number of rotatable bonds is 6. The average molecular weight is 313 g/mol. The molecular weight excluding hydrogens is 294 g/mol. The topological polar surface area (TPSA) is 113 Å². The molecule has 7 nitrogen and oxygen atoms in total. The smallest absolute Gasteiger partial charge is 0.323 e. The summed E-state index contributed by atoms with van der Waals surface area (Å²) in [5.74, 6) is -1.97. The molecule has 0 radical (unpaired) electrons. The second-order valence-electron chi connectivity index (χ2n) is 4.76. The molecule has 0 spiro atoms. The molecule has 0 bridgehead atoms. The molecule has 1 atom stereocenters. The average Bonchev–Trinajstić information content (AvgIpc) is 2.66. The predicted molar refractivity (Wildman–Crippen MR) is 79.1 cm³/mol. The number of nitrogens with zero attached hydrogens (tertiary/aromatic N) is 1. The minimum Gasteiger partial charge on any atom is -0.480 e. The van der Waals surface area contributed by atoms with Crippen molar-refractivity contribution in [3.63, 3.8) is 0 Å². The fourth-order valence-electron chi connectivity index (χ4n) is 1.99. The second-order valence-corrected chi connectivity index (χ2v) is 6.22. The first-order chi connectivity index (χ1) is 9.70. The molecule has 1 aromatic heterocycles. The number of nitrogens with one attached hydrogen (secondary N) is 1. The summed E-state index contributed by atoms with van der Waals surface area (Å²) >= 11 is 1.62. The first-order valence-corrected chi connectivity index (χ1v) is 7.14. The van der Waals surface area contributed by atoms with Gasteiger partial charge in [-0.15, -0.1) is 11.3 Å². The maximum Gasteiger partial charge on any atom is 0.323 e. The van der Waals surface area contributed by atoms with Crippen molar-refractivity contribution in [1.29, 1.82) is 0 Å². The molecule has 0 aliphatic carbocycles. The van der Waals surface area contributed by atoms with E-state index in [0.29, 0.717) is 0 Å². The van der Waals surface area contributed by atoms with Crippen LogP contribution in [-0.4, -0.2) is 41.0 Å². The zero-order valence-electron chi connectivity index (χ0n) is 12.2. The molecule has 0 aliphatic rings. The first-order valence-electron chi connectivity index (χ1n) is 6.33. The number of amides is 3. The van der Waals surface area contributed by atoms with Crippen molar-refractivity contribution in [1.82, 2.24) is 10.2 Å². The third-order valence-corrected chi connectivity index (χ3v) is 3.83. The van der Waals surface area contributed by atoms with Crippen LogP contribution in [-0.2, 0) is 9.59 Å². The van der Waals surface area contributed by atoms with Crippen LogP contribution in [0.15, 0.2) is 6.07 Å². The van der Waals surface area contributed by atoms with Crippen LogP contribution in [0, 0.1) is 13.8 Å². The lowest BCUT2D eigenvalue weighted by molar-refractivity contribution is -0.137. The molecule has 4 N–H and O–H groups in total. The van der Waals surface area contributed by atoms with Crippen LogP contribution < -0.4 is 11.1 Å². The fourth-order valence-corrected chi connectivity index (χ4v) is 3.01. The SMILES string of the molecule is Cc1cc(C(C)NC(=O)N(CC(N)=O)CC(=O)O)c(C)s1. The van der Waals surface area contributed by atoms with Gasteiger partial charge in [0.25, 0.3) is 0 Å². The molecule has 0 aromatic carbocycles. The highest BCUT2D eigenvalue weighted by Crippen LogP contribution is 2.26. The van der Waals surface area contributed by atoms with Gasteiger partial charge >= 0.3 is 12.0 Å². The number of hydrogen-bond acceptors (Lipinski definition) is 4. The lowest BCUT2D eigenvalue weighted by Gasteiger charge is -2.22. The van der Waals surface area contributed by atoms with E-state index in [1.807, 2.05) is 19.9 Å². The molecule has 0 aliphatic heterocycles. The summed E-state index contributed by atoms with van der Waals surface area (Å²) in [5, 5.41) is 11.5. The number of carbonyl (C=O) groups excluding carboxylic acids is 2. The van der Waals surface area contributed by atoms with E-state index < -0.39 is 31.0 Å². The zero-order chi connectivity index (χ0) is 16.2. The van der Waals surface area contributed by atoms with Gasteiger partial charge in [0.1, 0.15) is 13.1 Å². The Labute approximate surface area is 126 Å². The van der Waals surface area contributed by atoms with Gasteiger partial charge < -0.3 is 21.1 Å². The maximum atomic E-state index is 12.1. The van der Waals surface area contributed by atoms with Crippen molar-refractivity contribution in [3.05, 3.63) is 21.4 Å². The molecule has 1 heterocycles. The Morgan fingerprint density at radius 3 is 2.43 bits per heavy atom. The number of hydrogen-bond donors (Lipinski definition) is 3. The molecule has 0 saturated carbocycles. The van der Waals surface area contributed by atoms with Crippen LogP contribution in [0.5, 0.6) is 0 Å². The molecule has 0 fully saturated rings. The Bertz CT molecular complexity index is 540. The van der Waals surface area contributed by atoms with E-state index in [4.69, 9.17) is 10.8 Å². The van der Waals surface area contributed by atoms with Crippen molar-refractivity contribution in [2.75, 3.05) is 13.1 Å². The van der Waals surface area contributed by atoms with Gasteiger partial charge in [-0.3, -0.25) is 9.59 Å². The number of urea groups is 1. The number of nitrogens with two attached hydrogens (primary N) is 1. The Balaban J connectivity index is 2.78. The number of aliphatic carboxylic acids is 1. The van der Waals surface area contributed by atoms with Gasteiger partial charge in [0.05, 0.1) is 6.04 Å². The Morgan fingerprint density at radius 2 is 2.00 bits per heavy atom. The molecule has 1 aromatic rings. The minimum absolute atomic E-state index is 0.286. The van der Waals surface area contributed by atoms with Gasteiger partial charge in [0.15, 0.2) is 0 Å². The Hall–Kier alpha value is -2.09. The van der Waals surface area contributed by atoms with Gasteiger partial charge in [-0.05, 0) is 32.4 Å². The van der Waals surface area contributed by atoms with E-state index in [2.05, 4.69) is 5.32 Å². The van der Waals surface area contributed by atoms with Crippen molar-refractivity contribution in [2.24, 2.45) is 5.73 Å². The number of primary amides is 1. The Kier molecular flexibility index (Phi) is 5.71. The van der Waals surface area contributed by atoms with Crippen molar-refractivity contribution >= 4 is 29.2 Å². The standard InChI is InChI=1S/C13H19N3O4S/c1-7-4-10(9(3)21-7)8(2)15-13(20)16(5-11(14)17)6-12(18)19/h4,8H,5-6H2,1-3H3,(H2,14,17)(H,15,20)(H,18,19). The van der Waals surface area contributed by atoms with Gasteiger partial charge in [0, 0.05) is 9.75 Å². The summed E-state index contributed by atoms with van der Waals surface area (Å²) in [6.07, 6.45) is 0. The zero-order valence-corrected chi connectivity index (χ0v) is 13.0. The number of carboxylic acids is 1. The molecule has 0 saturated heterocycles. The van der Waals surface area contributed by atoms with Gasteiger partial charge in [-0.25, -0.2) is 4.79 Å². The van der Waals surface area contributed by atoms with Gasteiger partial charge in [-0.2, -0.15) is 0 Å². The normalized spacial score (nSPS) is 11.8. The lowest BCUT2D eigenvalue weighted by Crippen LogP contribution is -2.47. The van der Waals surface area contributed by atoms with Crippen molar-refractivity contribution < 1.29 is 19.5 Å². The summed E-state index contributed by atoms with van der Waals surface area (Å²) < 4.78 is 0. The fraction of sp³-hybridized carbons (Fsp3) is 0.462. The molecule has 8 heteroatoms. The number of carbonyl (C=O) groups is 3. The molecular formula is C13H19N3O4S. The van der Waals surface area contributed by atoms with E-state index in [1.165, 1.54) is 0 Å².